The monoisotopic (exact) mass is 191 g/mol. The minimum Gasteiger partial charge on any atom is -0.479 e. The number of carboxylic acids is 1. The Balaban J connectivity index is 2.40. The van der Waals surface area contributed by atoms with E-state index in [0.717, 1.165) is 0 Å². The van der Waals surface area contributed by atoms with E-state index in [1.165, 1.54) is 6.26 Å². The van der Waals surface area contributed by atoms with Crippen LogP contribution in [0.2, 0.25) is 0 Å². The summed E-state index contributed by atoms with van der Waals surface area (Å²) in [5.41, 5.74) is 0. The third kappa shape index (κ3) is 1.42. The maximum absolute atomic E-state index is 11.0. The fourth-order valence-corrected chi connectivity index (χ4v) is 1.36. The van der Waals surface area contributed by atoms with Gasteiger partial charge < -0.3 is 14.1 Å². The summed E-state index contributed by atoms with van der Waals surface area (Å²) in [4.78, 5) is 11.0. The highest BCUT2D eigenvalue weighted by molar-refractivity contribution is 5.75. The molecule has 1 atom stereocenters. The van der Waals surface area contributed by atoms with Gasteiger partial charge in [-0.05, 0) is 24.3 Å². The van der Waals surface area contributed by atoms with Gasteiger partial charge in [0, 0.05) is 12.4 Å². The summed E-state index contributed by atoms with van der Waals surface area (Å²) >= 11 is 0. The lowest BCUT2D eigenvalue weighted by Crippen LogP contribution is -2.18. The minimum absolute atomic E-state index is 0.425. The summed E-state index contributed by atoms with van der Waals surface area (Å²) in [6.45, 7) is 0. The van der Waals surface area contributed by atoms with Crippen LogP contribution in [0.5, 0.6) is 0 Å². The van der Waals surface area contributed by atoms with Gasteiger partial charge in [-0.2, -0.15) is 0 Å². The molecule has 14 heavy (non-hydrogen) atoms. The van der Waals surface area contributed by atoms with E-state index in [2.05, 4.69) is 0 Å². The van der Waals surface area contributed by atoms with Crippen LogP contribution in [-0.4, -0.2) is 15.6 Å². The number of rotatable bonds is 3. The van der Waals surface area contributed by atoms with Crippen LogP contribution in [0, 0.1) is 0 Å². The average molecular weight is 191 g/mol. The van der Waals surface area contributed by atoms with E-state index in [-0.39, 0.29) is 0 Å². The molecule has 0 saturated heterocycles. The van der Waals surface area contributed by atoms with Crippen molar-refractivity contribution in [1.29, 1.82) is 0 Å². The zero-order valence-corrected chi connectivity index (χ0v) is 7.33. The van der Waals surface area contributed by atoms with E-state index in [4.69, 9.17) is 9.52 Å². The number of carboxylic acid groups (broad SMARTS) is 1. The average Bonchev–Trinajstić information content (AvgIpc) is 2.75. The maximum Gasteiger partial charge on any atom is 0.334 e. The normalized spacial score (nSPS) is 12.6. The second-order valence-electron chi connectivity index (χ2n) is 2.89. The topological polar surface area (TPSA) is 55.4 Å². The van der Waals surface area contributed by atoms with Gasteiger partial charge in [0.05, 0.1) is 6.26 Å². The van der Waals surface area contributed by atoms with Gasteiger partial charge in [0.1, 0.15) is 5.76 Å². The largest absolute Gasteiger partial charge is 0.479 e. The molecule has 0 amide bonds. The summed E-state index contributed by atoms with van der Waals surface area (Å²) in [5, 5.41) is 9.04. The number of aliphatic carboxylic acids is 1. The molecule has 1 N–H and O–H groups in total. The van der Waals surface area contributed by atoms with Crippen LogP contribution >= 0.6 is 0 Å². The molecule has 0 bridgehead atoms. The third-order valence-corrected chi connectivity index (χ3v) is 1.97. The van der Waals surface area contributed by atoms with Gasteiger partial charge in [0.2, 0.25) is 0 Å². The second-order valence-corrected chi connectivity index (χ2v) is 2.89. The Morgan fingerprint density at radius 3 is 2.57 bits per heavy atom. The molecule has 4 nitrogen and oxygen atoms in total. The van der Waals surface area contributed by atoms with Crippen molar-refractivity contribution in [2.24, 2.45) is 0 Å². The molecule has 0 aliphatic carbocycles. The number of nitrogens with zero attached hydrogens (tertiary/aromatic N) is 1. The zero-order valence-electron chi connectivity index (χ0n) is 7.33. The highest BCUT2D eigenvalue weighted by atomic mass is 16.4. The van der Waals surface area contributed by atoms with E-state index in [1.54, 1.807) is 41.2 Å². The van der Waals surface area contributed by atoms with Gasteiger partial charge in [0.15, 0.2) is 6.04 Å². The Bertz CT molecular complexity index is 368. The quantitative estimate of drug-likeness (QED) is 0.804. The Kier molecular flexibility index (Phi) is 2.10. The maximum atomic E-state index is 11.0. The minimum atomic E-state index is -0.934. The van der Waals surface area contributed by atoms with Crippen LogP contribution in [0.4, 0.5) is 0 Å². The molecule has 0 fully saturated rings. The van der Waals surface area contributed by atoms with Crippen LogP contribution in [-0.2, 0) is 4.79 Å². The smallest absolute Gasteiger partial charge is 0.334 e. The second kappa shape index (κ2) is 3.41. The number of aromatic nitrogens is 1. The summed E-state index contributed by atoms with van der Waals surface area (Å²) in [5.74, 6) is -0.509. The number of hydrogen-bond donors (Lipinski definition) is 1. The molecule has 0 spiro atoms. The Labute approximate surface area is 80.4 Å². The molecule has 2 heterocycles. The van der Waals surface area contributed by atoms with Crippen LogP contribution in [0.3, 0.4) is 0 Å². The predicted octanol–water partition coefficient (Wildman–Crippen LogP) is 1.76. The molecular weight excluding hydrogens is 182 g/mol. The first kappa shape index (κ1) is 8.62. The molecule has 72 valence electrons. The number of carbonyl (C=O) groups is 1. The van der Waals surface area contributed by atoms with Gasteiger partial charge in [-0.25, -0.2) is 4.79 Å². The van der Waals surface area contributed by atoms with Crippen LogP contribution in [0.1, 0.15) is 11.8 Å². The fourth-order valence-electron chi connectivity index (χ4n) is 1.36. The first-order chi connectivity index (χ1) is 6.79. The van der Waals surface area contributed by atoms with Crippen molar-refractivity contribution in [2.45, 2.75) is 6.04 Å². The van der Waals surface area contributed by atoms with Crippen molar-refractivity contribution in [3.05, 3.63) is 48.7 Å². The van der Waals surface area contributed by atoms with Crippen molar-refractivity contribution < 1.29 is 14.3 Å². The summed E-state index contributed by atoms with van der Waals surface area (Å²) in [7, 11) is 0. The van der Waals surface area contributed by atoms with Crippen molar-refractivity contribution in [1.82, 2.24) is 4.57 Å². The van der Waals surface area contributed by atoms with Gasteiger partial charge in [-0.15, -0.1) is 0 Å². The molecule has 0 aliphatic heterocycles. The molecule has 4 heteroatoms. The Morgan fingerprint density at radius 1 is 1.36 bits per heavy atom. The van der Waals surface area contributed by atoms with Crippen molar-refractivity contribution >= 4 is 5.97 Å². The van der Waals surface area contributed by atoms with E-state index in [0.29, 0.717) is 5.76 Å². The van der Waals surface area contributed by atoms with Crippen molar-refractivity contribution in [3.63, 3.8) is 0 Å². The van der Waals surface area contributed by atoms with Gasteiger partial charge >= 0.3 is 5.97 Å². The molecule has 0 aromatic carbocycles. The van der Waals surface area contributed by atoms with Gasteiger partial charge in [-0.3, -0.25) is 0 Å². The van der Waals surface area contributed by atoms with Crippen LogP contribution < -0.4 is 0 Å². The first-order valence-corrected chi connectivity index (χ1v) is 4.17. The Morgan fingerprint density at radius 2 is 2.07 bits per heavy atom. The number of hydrogen-bond acceptors (Lipinski definition) is 2. The molecule has 2 rings (SSSR count). The molecule has 0 aliphatic rings. The number of furan rings is 1. The fraction of sp³-hybridized carbons (Fsp3) is 0.100. The van der Waals surface area contributed by atoms with Gasteiger partial charge in [-0.1, -0.05) is 0 Å². The molecule has 0 unspecified atom stereocenters. The SMILES string of the molecule is O=C(O)[C@H](c1ccco1)n1cccc1. The van der Waals surface area contributed by atoms with E-state index in [9.17, 15) is 4.79 Å². The summed E-state index contributed by atoms with van der Waals surface area (Å²) in [6, 6.07) is 6.10. The third-order valence-electron chi connectivity index (χ3n) is 1.97. The predicted molar refractivity (Wildman–Crippen MR) is 48.9 cm³/mol. The standard InChI is InChI=1S/C10H9NO3/c12-10(13)9(8-4-3-7-14-8)11-5-1-2-6-11/h1-7,9H,(H,12,13)/t9-/m0/s1. The van der Waals surface area contributed by atoms with Crippen molar-refractivity contribution in [3.8, 4) is 0 Å². The summed E-state index contributed by atoms with van der Waals surface area (Å²) < 4.78 is 6.66. The molecule has 2 aromatic rings. The highest BCUT2D eigenvalue weighted by Gasteiger charge is 2.23. The van der Waals surface area contributed by atoms with Gasteiger partial charge in [0.25, 0.3) is 0 Å². The zero-order chi connectivity index (χ0) is 9.97. The highest BCUT2D eigenvalue weighted by Crippen LogP contribution is 2.18. The lowest BCUT2D eigenvalue weighted by atomic mass is 10.2. The molecule has 0 radical (unpaired) electrons. The summed E-state index contributed by atoms with van der Waals surface area (Å²) in [6.07, 6.45) is 4.86. The first-order valence-electron chi connectivity index (χ1n) is 4.17. The molecular formula is C10H9NO3. The van der Waals surface area contributed by atoms with E-state index >= 15 is 0 Å². The molecule has 0 saturated carbocycles. The van der Waals surface area contributed by atoms with Crippen molar-refractivity contribution in [2.75, 3.05) is 0 Å². The van der Waals surface area contributed by atoms with E-state index < -0.39 is 12.0 Å². The lowest BCUT2D eigenvalue weighted by Gasteiger charge is -2.10. The van der Waals surface area contributed by atoms with Crippen LogP contribution in [0.25, 0.3) is 0 Å². The lowest BCUT2D eigenvalue weighted by molar-refractivity contribution is -0.140. The Hall–Kier alpha value is -1.97. The van der Waals surface area contributed by atoms with Crippen LogP contribution in [0.15, 0.2) is 47.3 Å². The molecule has 2 aromatic heterocycles. The van der Waals surface area contributed by atoms with E-state index in [1.807, 2.05) is 0 Å².